The minimum atomic E-state index is -4.56. The molecule has 0 spiro atoms. The van der Waals surface area contributed by atoms with Gasteiger partial charge in [0.15, 0.2) is 0 Å². The minimum absolute atomic E-state index is 0.387. The number of carbonyl (C=O) groups excluding carboxylic acids is 1. The number of nitrogens with one attached hydrogen (secondary N) is 1. The highest BCUT2D eigenvalue weighted by Crippen LogP contribution is 2.32. The number of thioether (sulfide) groups is 1. The maximum absolute atomic E-state index is 12.9. The SMILES string of the molecule is CCSc1ccc(NC(=O)c2ccccc2C(F)(F)F)cc1. The third kappa shape index (κ3) is 4.04. The molecule has 2 rings (SSSR count). The molecule has 0 unspecified atom stereocenters. The Hall–Kier alpha value is -1.95. The van der Waals surface area contributed by atoms with Crippen molar-refractivity contribution in [2.24, 2.45) is 0 Å². The van der Waals surface area contributed by atoms with Gasteiger partial charge >= 0.3 is 6.18 Å². The van der Waals surface area contributed by atoms with Crippen LogP contribution in [0.15, 0.2) is 53.4 Å². The summed E-state index contributed by atoms with van der Waals surface area (Å²) < 4.78 is 38.7. The van der Waals surface area contributed by atoms with Gasteiger partial charge in [0.2, 0.25) is 0 Å². The summed E-state index contributed by atoms with van der Waals surface area (Å²) in [6.07, 6.45) is -4.56. The predicted octanol–water partition coefficient (Wildman–Crippen LogP) is 5.07. The van der Waals surface area contributed by atoms with Gasteiger partial charge in [0, 0.05) is 10.6 Å². The fraction of sp³-hybridized carbons (Fsp3) is 0.188. The van der Waals surface area contributed by atoms with Crippen molar-refractivity contribution < 1.29 is 18.0 Å². The zero-order valence-electron chi connectivity index (χ0n) is 11.8. The lowest BCUT2D eigenvalue weighted by atomic mass is 10.1. The van der Waals surface area contributed by atoms with Crippen molar-refractivity contribution in [2.45, 2.75) is 18.0 Å². The second kappa shape index (κ2) is 6.87. The van der Waals surface area contributed by atoms with Crippen molar-refractivity contribution in [3.05, 3.63) is 59.7 Å². The average molecular weight is 325 g/mol. The van der Waals surface area contributed by atoms with Gasteiger partial charge in [-0.15, -0.1) is 11.8 Å². The molecular formula is C16H14F3NOS. The normalized spacial score (nSPS) is 11.3. The molecule has 1 N–H and O–H groups in total. The number of benzene rings is 2. The van der Waals surface area contributed by atoms with Crippen LogP contribution in [0.3, 0.4) is 0 Å². The Kier molecular flexibility index (Phi) is 5.13. The molecule has 0 saturated carbocycles. The summed E-state index contributed by atoms with van der Waals surface area (Å²) in [7, 11) is 0. The molecular weight excluding hydrogens is 311 g/mol. The fourth-order valence-electron chi connectivity index (χ4n) is 1.93. The van der Waals surface area contributed by atoms with Crippen LogP contribution in [0, 0.1) is 0 Å². The van der Waals surface area contributed by atoms with E-state index in [0.29, 0.717) is 5.69 Å². The Bertz CT molecular complexity index is 653. The summed E-state index contributed by atoms with van der Waals surface area (Å²) in [5.41, 5.74) is -0.866. The number of hydrogen-bond acceptors (Lipinski definition) is 2. The Balaban J connectivity index is 2.19. The second-order valence-corrected chi connectivity index (χ2v) is 5.79. The number of hydrogen-bond donors (Lipinski definition) is 1. The van der Waals surface area contributed by atoms with Crippen LogP contribution in [-0.4, -0.2) is 11.7 Å². The van der Waals surface area contributed by atoms with Crippen LogP contribution >= 0.6 is 11.8 Å². The molecule has 0 heterocycles. The average Bonchev–Trinajstić information content (AvgIpc) is 2.48. The van der Waals surface area contributed by atoms with Crippen molar-refractivity contribution in [3.63, 3.8) is 0 Å². The third-order valence-electron chi connectivity index (χ3n) is 2.90. The number of amides is 1. The summed E-state index contributed by atoms with van der Waals surface area (Å²) in [4.78, 5) is 13.1. The highest BCUT2D eigenvalue weighted by Gasteiger charge is 2.34. The summed E-state index contributed by atoms with van der Waals surface area (Å²) in [6.45, 7) is 2.02. The lowest BCUT2D eigenvalue weighted by Gasteiger charge is -2.12. The molecule has 2 aromatic carbocycles. The molecule has 0 atom stereocenters. The molecule has 0 fully saturated rings. The Labute approximate surface area is 130 Å². The lowest BCUT2D eigenvalue weighted by molar-refractivity contribution is -0.137. The highest BCUT2D eigenvalue weighted by atomic mass is 32.2. The van der Waals surface area contributed by atoms with Crippen molar-refractivity contribution in [2.75, 3.05) is 11.1 Å². The van der Waals surface area contributed by atoms with Crippen LogP contribution < -0.4 is 5.32 Å². The van der Waals surface area contributed by atoms with Gasteiger partial charge in [0.25, 0.3) is 5.91 Å². The number of alkyl halides is 3. The molecule has 6 heteroatoms. The smallest absolute Gasteiger partial charge is 0.322 e. The van der Waals surface area contributed by atoms with Gasteiger partial charge in [-0.1, -0.05) is 19.1 Å². The number of carbonyl (C=O) groups is 1. The van der Waals surface area contributed by atoms with Crippen molar-refractivity contribution in [3.8, 4) is 0 Å². The molecule has 0 aliphatic carbocycles. The largest absolute Gasteiger partial charge is 0.417 e. The lowest BCUT2D eigenvalue weighted by Crippen LogP contribution is -2.18. The van der Waals surface area contributed by atoms with Crippen LogP contribution in [0.2, 0.25) is 0 Å². The topological polar surface area (TPSA) is 29.1 Å². The maximum atomic E-state index is 12.9. The second-order valence-electron chi connectivity index (χ2n) is 4.45. The first-order chi connectivity index (χ1) is 10.4. The van der Waals surface area contributed by atoms with Crippen molar-refractivity contribution in [1.82, 2.24) is 0 Å². The van der Waals surface area contributed by atoms with Gasteiger partial charge in [0.1, 0.15) is 0 Å². The van der Waals surface area contributed by atoms with E-state index in [-0.39, 0.29) is 5.56 Å². The first-order valence-corrected chi connectivity index (χ1v) is 7.61. The summed E-state index contributed by atoms with van der Waals surface area (Å²) in [5, 5.41) is 2.49. The van der Waals surface area contributed by atoms with Gasteiger partial charge in [0.05, 0.1) is 11.1 Å². The quantitative estimate of drug-likeness (QED) is 0.795. The molecule has 0 bridgehead atoms. The van der Waals surface area contributed by atoms with E-state index in [0.717, 1.165) is 16.7 Å². The zero-order chi connectivity index (χ0) is 16.2. The van der Waals surface area contributed by atoms with E-state index in [1.54, 1.807) is 23.9 Å². The standard InChI is InChI=1S/C16H14F3NOS/c1-2-22-12-9-7-11(8-10-12)20-15(21)13-5-3-4-6-14(13)16(17,18)19/h3-10H,2H2,1H3,(H,20,21). The van der Waals surface area contributed by atoms with Crippen LogP contribution in [-0.2, 0) is 6.18 Å². The molecule has 1 amide bonds. The number of anilines is 1. The number of rotatable bonds is 4. The Morgan fingerprint density at radius 3 is 2.32 bits per heavy atom. The van der Waals surface area contributed by atoms with Crippen molar-refractivity contribution in [1.29, 1.82) is 0 Å². The van der Waals surface area contributed by atoms with E-state index in [2.05, 4.69) is 5.32 Å². The van der Waals surface area contributed by atoms with Crippen molar-refractivity contribution >= 4 is 23.4 Å². The molecule has 0 radical (unpaired) electrons. The summed E-state index contributed by atoms with van der Waals surface area (Å²) in [6, 6.07) is 11.7. The van der Waals surface area contributed by atoms with Gasteiger partial charge in [-0.05, 0) is 42.2 Å². The van der Waals surface area contributed by atoms with Gasteiger partial charge in [-0.3, -0.25) is 4.79 Å². The third-order valence-corrected chi connectivity index (χ3v) is 3.79. The highest BCUT2D eigenvalue weighted by molar-refractivity contribution is 7.99. The molecule has 116 valence electrons. The Morgan fingerprint density at radius 1 is 1.09 bits per heavy atom. The molecule has 0 aromatic heterocycles. The summed E-state index contributed by atoms with van der Waals surface area (Å²) in [5.74, 6) is 0.147. The van der Waals surface area contributed by atoms with E-state index in [1.807, 2.05) is 19.1 Å². The van der Waals surface area contributed by atoms with E-state index < -0.39 is 17.6 Å². The van der Waals surface area contributed by atoms with Gasteiger partial charge in [-0.25, -0.2) is 0 Å². The minimum Gasteiger partial charge on any atom is -0.322 e. The van der Waals surface area contributed by atoms with Gasteiger partial charge in [-0.2, -0.15) is 13.2 Å². The molecule has 0 aliphatic rings. The molecule has 2 aromatic rings. The molecule has 0 aliphatic heterocycles. The maximum Gasteiger partial charge on any atom is 0.417 e. The van der Waals surface area contributed by atoms with Crippen LogP contribution in [0.5, 0.6) is 0 Å². The monoisotopic (exact) mass is 325 g/mol. The van der Waals surface area contributed by atoms with E-state index >= 15 is 0 Å². The van der Waals surface area contributed by atoms with E-state index in [4.69, 9.17) is 0 Å². The predicted molar refractivity (Wildman–Crippen MR) is 82.2 cm³/mol. The molecule has 2 nitrogen and oxygen atoms in total. The number of halogens is 3. The van der Waals surface area contributed by atoms with Crippen LogP contribution in [0.25, 0.3) is 0 Å². The van der Waals surface area contributed by atoms with E-state index in [9.17, 15) is 18.0 Å². The van der Waals surface area contributed by atoms with Crippen LogP contribution in [0.1, 0.15) is 22.8 Å². The summed E-state index contributed by atoms with van der Waals surface area (Å²) >= 11 is 1.64. The molecule has 22 heavy (non-hydrogen) atoms. The first-order valence-electron chi connectivity index (χ1n) is 6.62. The van der Waals surface area contributed by atoms with Gasteiger partial charge < -0.3 is 5.32 Å². The zero-order valence-corrected chi connectivity index (χ0v) is 12.6. The van der Waals surface area contributed by atoms with E-state index in [1.165, 1.54) is 18.2 Å². The fourth-order valence-corrected chi connectivity index (χ4v) is 2.59. The Morgan fingerprint density at radius 2 is 1.73 bits per heavy atom. The first kappa shape index (κ1) is 16.4. The molecule has 0 saturated heterocycles. The van der Waals surface area contributed by atoms with Crippen LogP contribution in [0.4, 0.5) is 18.9 Å².